The number of hydrogen-bond donors (Lipinski definition) is 1. The molecule has 1 aromatic rings. The molecular weight excluding hydrogens is 537 g/mol. The van der Waals surface area contributed by atoms with E-state index in [1.54, 1.807) is 19.2 Å². The molecule has 33 heavy (non-hydrogen) atoms. The fraction of sp³-hybridized carbons (Fsp3) is 0.696. The van der Waals surface area contributed by atoms with E-state index in [4.69, 9.17) is 9.15 Å². The van der Waals surface area contributed by atoms with Crippen molar-refractivity contribution in [2.45, 2.75) is 45.6 Å². The zero-order valence-electron chi connectivity index (χ0n) is 20.2. The third kappa shape index (κ3) is 8.08. The van der Waals surface area contributed by atoms with Crippen molar-refractivity contribution >= 4 is 41.9 Å². The van der Waals surface area contributed by atoms with Crippen LogP contribution in [0.2, 0.25) is 0 Å². The van der Waals surface area contributed by atoms with Crippen LogP contribution in [-0.2, 0) is 4.74 Å². The van der Waals surface area contributed by atoms with Gasteiger partial charge in [0, 0.05) is 52.9 Å². The smallest absolute Gasteiger partial charge is 0.410 e. The fourth-order valence-electron chi connectivity index (χ4n) is 4.19. The molecule has 1 aromatic heterocycles. The number of carbonyl (C=O) groups excluding carboxylic acids is 2. The van der Waals surface area contributed by atoms with Gasteiger partial charge in [0.2, 0.25) is 0 Å². The van der Waals surface area contributed by atoms with Crippen molar-refractivity contribution in [1.82, 2.24) is 20.0 Å². The number of aliphatic imine (C=N–C) groups is 1. The fourth-order valence-corrected chi connectivity index (χ4v) is 4.19. The van der Waals surface area contributed by atoms with Crippen LogP contribution in [0, 0.1) is 5.92 Å². The van der Waals surface area contributed by atoms with Crippen LogP contribution < -0.4 is 5.32 Å². The molecule has 0 radical (unpaired) electrons. The summed E-state index contributed by atoms with van der Waals surface area (Å²) in [6.45, 7) is 10.7. The lowest BCUT2D eigenvalue weighted by atomic mass is 9.95. The first-order chi connectivity index (χ1) is 15.3. The summed E-state index contributed by atoms with van der Waals surface area (Å²) in [6.07, 6.45) is 4.40. The van der Waals surface area contributed by atoms with Crippen LogP contribution >= 0.6 is 24.0 Å². The number of furan rings is 1. The normalized spacial score (nSPS) is 19.7. The van der Waals surface area contributed by atoms with E-state index in [1.165, 1.54) is 6.26 Å². The summed E-state index contributed by atoms with van der Waals surface area (Å²) in [7, 11) is 1.79. The molecule has 2 fully saturated rings. The van der Waals surface area contributed by atoms with Gasteiger partial charge in [0.05, 0.1) is 6.26 Å². The Hall–Kier alpha value is -1.98. The number of amides is 2. The van der Waals surface area contributed by atoms with E-state index in [-0.39, 0.29) is 36.0 Å². The van der Waals surface area contributed by atoms with Gasteiger partial charge in [-0.15, -0.1) is 24.0 Å². The van der Waals surface area contributed by atoms with Gasteiger partial charge in [-0.3, -0.25) is 9.79 Å². The molecule has 2 amide bonds. The summed E-state index contributed by atoms with van der Waals surface area (Å²) in [5.41, 5.74) is -0.468. The lowest BCUT2D eigenvalue weighted by Crippen LogP contribution is -2.54. The van der Waals surface area contributed by atoms with Crippen molar-refractivity contribution in [2.75, 3.05) is 52.9 Å². The molecule has 0 aromatic carbocycles. The predicted octanol–water partition coefficient (Wildman–Crippen LogP) is 3.27. The molecule has 9 nitrogen and oxygen atoms in total. The van der Waals surface area contributed by atoms with E-state index >= 15 is 0 Å². The molecule has 0 bridgehead atoms. The highest BCUT2D eigenvalue weighted by atomic mass is 127. The zero-order chi connectivity index (χ0) is 23.1. The van der Waals surface area contributed by atoms with Gasteiger partial charge in [0.1, 0.15) is 5.60 Å². The Morgan fingerprint density at radius 2 is 1.85 bits per heavy atom. The molecule has 0 aliphatic carbocycles. The average Bonchev–Trinajstić information content (AvgIpc) is 3.30. The van der Waals surface area contributed by atoms with Gasteiger partial charge in [-0.05, 0) is 58.1 Å². The molecule has 1 atom stereocenters. The number of nitrogens with one attached hydrogen (secondary N) is 1. The molecule has 0 saturated carbocycles. The summed E-state index contributed by atoms with van der Waals surface area (Å²) in [5.74, 6) is 1.62. The second-order valence-corrected chi connectivity index (χ2v) is 9.45. The lowest BCUT2D eigenvalue weighted by Gasteiger charge is -2.36. The number of halogens is 1. The van der Waals surface area contributed by atoms with Gasteiger partial charge in [-0.1, -0.05) is 0 Å². The first-order valence-corrected chi connectivity index (χ1v) is 11.5. The van der Waals surface area contributed by atoms with Crippen LogP contribution in [0.25, 0.3) is 0 Å². The Kier molecular flexibility index (Phi) is 10.3. The largest absolute Gasteiger partial charge is 0.459 e. The molecule has 10 heteroatoms. The highest BCUT2D eigenvalue weighted by molar-refractivity contribution is 14.0. The number of hydrogen-bond acceptors (Lipinski definition) is 5. The maximum atomic E-state index is 12.4. The van der Waals surface area contributed by atoms with Crippen molar-refractivity contribution in [3.63, 3.8) is 0 Å². The molecule has 3 rings (SSSR count). The Balaban J connectivity index is 0.00000385. The number of guanidine groups is 1. The molecule has 2 saturated heterocycles. The van der Waals surface area contributed by atoms with E-state index in [0.717, 1.165) is 57.9 Å². The molecule has 1 N–H and O–H groups in total. The number of ether oxygens (including phenoxy) is 1. The summed E-state index contributed by atoms with van der Waals surface area (Å²) in [5, 5.41) is 3.46. The van der Waals surface area contributed by atoms with Crippen LogP contribution in [0.1, 0.15) is 50.6 Å². The van der Waals surface area contributed by atoms with Gasteiger partial charge < -0.3 is 29.2 Å². The van der Waals surface area contributed by atoms with Crippen LogP contribution in [-0.4, -0.2) is 91.1 Å². The first-order valence-electron chi connectivity index (χ1n) is 11.5. The Labute approximate surface area is 213 Å². The molecule has 0 spiro atoms. The SMILES string of the molecule is CN=C(NCCC1CCCN(C(=O)OC(C)(C)C)C1)N1CCN(C(=O)c2ccco2)CC1.I. The topological polar surface area (TPSA) is 90.6 Å². The number of carbonyl (C=O) groups is 2. The van der Waals surface area contributed by atoms with Crippen LogP contribution in [0.3, 0.4) is 0 Å². The van der Waals surface area contributed by atoms with Gasteiger partial charge in [-0.25, -0.2) is 4.79 Å². The van der Waals surface area contributed by atoms with Gasteiger partial charge in [0.15, 0.2) is 11.7 Å². The molecule has 3 heterocycles. The Morgan fingerprint density at radius 1 is 1.15 bits per heavy atom. The summed E-state index contributed by atoms with van der Waals surface area (Å²) < 4.78 is 10.8. The number of piperazine rings is 1. The highest BCUT2D eigenvalue weighted by Gasteiger charge is 2.28. The number of nitrogens with zero attached hydrogens (tertiary/aromatic N) is 4. The summed E-state index contributed by atoms with van der Waals surface area (Å²) in [6, 6.07) is 3.43. The van der Waals surface area contributed by atoms with Crippen LogP contribution in [0.15, 0.2) is 27.8 Å². The highest BCUT2D eigenvalue weighted by Crippen LogP contribution is 2.21. The molecule has 186 valence electrons. The van der Waals surface area contributed by atoms with Crippen molar-refractivity contribution in [3.8, 4) is 0 Å². The van der Waals surface area contributed by atoms with Crippen molar-refractivity contribution in [3.05, 3.63) is 24.2 Å². The van der Waals surface area contributed by atoms with E-state index in [0.29, 0.717) is 24.8 Å². The van der Waals surface area contributed by atoms with Crippen molar-refractivity contribution in [1.29, 1.82) is 0 Å². The minimum atomic E-state index is -0.468. The standard InChI is InChI=1S/C23H37N5O4.HI/c1-23(2,3)32-22(30)28-11-5-7-18(17-28)9-10-25-21(24-4)27-14-12-26(13-15-27)20(29)19-8-6-16-31-19;/h6,8,16,18H,5,7,9-15,17H2,1-4H3,(H,24,25);1H. The minimum absolute atomic E-state index is 0. The summed E-state index contributed by atoms with van der Waals surface area (Å²) >= 11 is 0. The number of piperidine rings is 1. The maximum Gasteiger partial charge on any atom is 0.410 e. The van der Waals surface area contributed by atoms with Crippen molar-refractivity contribution in [2.24, 2.45) is 10.9 Å². The zero-order valence-corrected chi connectivity index (χ0v) is 22.5. The summed E-state index contributed by atoms with van der Waals surface area (Å²) in [4.78, 5) is 35.1. The number of rotatable bonds is 4. The molecule has 2 aliphatic rings. The minimum Gasteiger partial charge on any atom is -0.459 e. The number of likely N-dealkylation sites (tertiary alicyclic amines) is 1. The monoisotopic (exact) mass is 575 g/mol. The second-order valence-electron chi connectivity index (χ2n) is 9.45. The third-order valence-electron chi connectivity index (χ3n) is 5.82. The maximum absolute atomic E-state index is 12.4. The van der Waals surface area contributed by atoms with E-state index in [9.17, 15) is 9.59 Å². The van der Waals surface area contributed by atoms with Gasteiger partial charge in [-0.2, -0.15) is 0 Å². The Morgan fingerprint density at radius 3 is 2.45 bits per heavy atom. The Bertz CT molecular complexity index is 785. The molecule has 2 aliphatic heterocycles. The van der Waals surface area contributed by atoms with E-state index < -0.39 is 5.60 Å². The molecule has 1 unspecified atom stereocenters. The van der Waals surface area contributed by atoms with E-state index in [1.807, 2.05) is 30.6 Å². The van der Waals surface area contributed by atoms with E-state index in [2.05, 4.69) is 15.2 Å². The van der Waals surface area contributed by atoms with Gasteiger partial charge in [0.25, 0.3) is 5.91 Å². The van der Waals surface area contributed by atoms with Crippen LogP contribution in [0.4, 0.5) is 4.79 Å². The van der Waals surface area contributed by atoms with Crippen molar-refractivity contribution < 1.29 is 18.7 Å². The molecular formula is C23H38IN5O4. The van der Waals surface area contributed by atoms with Crippen LogP contribution in [0.5, 0.6) is 0 Å². The predicted molar refractivity (Wildman–Crippen MR) is 138 cm³/mol. The second kappa shape index (κ2) is 12.5. The third-order valence-corrected chi connectivity index (χ3v) is 5.82. The quantitative estimate of drug-likeness (QED) is 0.337. The average molecular weight is 575 g/mol. The first kappa shape index (κ1) is 27.3. The lowest BCUT2D eigenvalue weighted by molar-refractivity contribution is 0.0162. The van der Waals surface area contributed by atoms with Gasteiger partial charge >= 0.3 is 6.09 Å².